The summed E-state index contributed by atoms with van der Waals surface area (Å²) in [6.07, 6.45) is 1.26. The van der Waals surface area contributed by atoms with E-state index in [0.717, 1.165) is 6.42 Å². The van der Waals surface area contributed by atoms with Crippen LogP contribution >= 0.6 is 0 Å². The summed E-state index contributed by atoms with van der Waals surface area (Å²) in [5.74, 6) is -0.543. The second kappa shape index (κ2) is 10.3. The number of rotatable bonds is 6. The van der Waals surface area contributed by atoms with E-state index in [1.165, 1.54) is 6.92 Å². The molecule has 2 amide bonds. The zero-order chi connectivity index (χ0) is 13.3. The zero-order valence-corrected chi connectivity index (χ0v) is 10.7. The zero-order valence-electron chi connectivity index (χ0n) is 10.7. The molecule has 0 spiro atoms. The molecule has 0 saturated carbocycles. The Balaban J connectivity index is 0. The molecule has 0 atom stereocenters. The van der Waals surface area contributed by atoms with Crippen LogP contribution in [0.5, 0.6) is 0 Å². The van der Waals surface area contributed by atoms with Gasteiger partial charge in [-0.3, -0.25) is 10.1 Å². The molecule has 0 aromatic rings. The van der Waals surface area contributed by atoms with Gasteiger partial charge in [-0.15, -0.1) is 0 Å². The normalized spacial score (nSPS) is 10.2. The molecule has 0 heterocycles. The monoisotopic (exact) mass is 260 g/mol. The summed E-state index contributed by atoms with van der Waals surface area (Å²) in [5, 5.41) is 13.4. The van der Waals surface area contributed by atoms with E-state index in [4.69, 9.17) is 9.94 Å². The van der Waals surface area contributed by atoms with Gasteiger partial charge >= 0.3 is 6.09 Å². The first-order chi connectivity index (χ1) is 7.97. The highest BCUT2D eigenvalue weighted by Gasteiger charge is 2.08. The molecule has 104 valence electrons. The average Bonchev–Trinajstić information content (AvgIpc) is 2.27. The molecular formula is C11H20N2O5. The molecule has 0 aliphatic carbocycles. The summed E-state index contributed by atoms with van der Waals surface area (Å²) in [5.41, 5.74) is 0.878. The third kappa shape index (κ3) is 9.34. The van der Waals surface area contributed by atoms with Gasteiger partial charge in [-0.1, -0.05) is 11.7 Å². The van der Waals surface area contributed by atoms with Crippen molar-refractivity contribution in [2.24, 2.45) is 5.16 Å². The van der Waals surface area contributed by atoms with E-state index < -0.39 is 12.0 Å². The van der Waals surface area contributed by atoms with Crippen molar-refractivity contribution >= 4 is 17.7 Å². The maximum Gasteiger partial charge on any atom is 0.414 e. The van der Waals surface area contributed by atoms with Gasteiger partial charge in [-0.25, -0.2) is 4.79 Å². The lowest BCUT2D eigenvalue weighted by molar-refractivity contribution is -0.116. The van der Waals surface area contributed by atoms with Gasteiger partial charge in [0, 0.05) is 5.57 Å². The van der Waals surface area contributed by atoms with Crippen molar-refractivity contribution < 1.29 is 25.0 Å². The van der Waals surface area contributed by atoms with Crippen LogP contribution in [0.1, 0.15) is 33.1 Å². The number of carbonyl (C=O) groups excluding carboxylic acids is 2. The topological polar surface area (TPSA) is 119 Å². The third-order valence-corrected chi connectivity index (χ3v) is 1.94. The number of carbonyl (C=O) groups is 2. The molecule has 0 aliphatic heterocycles. The van der Waals surface area contributed by atoms with Crippen LogP contribution in [-0.4, -0.2) is 35.0 Å². The Morgan fingerprint density at radius 3 is 2.44 bits per heavy atom. The first kappa shape index (κ1) is 18.5. The Hall–Kier alpha value is -1.89. The standard InChI is InChI=1S/C11H18N2O4.H2O/c1-8(2)10(14)12-11(15)17-7-5-4-6-9(3)13-16;/h16H,1,4-7H2,2-3H3,(H,12,14,15);1H2. The van der Waals surface area contributed by atoms with E-state index in [1.54, 1.807) is 6.92 Å². The Kier molecular flexibility index (Phi) is 10.5. The Morgan fingerprint density at radius 1 is 1.33 bits per heavy atom. The van der Waals surface area contributed by atoms with Crippen LogP contribution in [-0.2, 0) is 9.53 Å². The van der Waals surface area contributed by atoms with E-state index >= 15 is 0 Å². The van der Waals surface area contributed by atoms with Gasteiger partial charge in [-0.05, 0) is 33.1 Å². The van der Waals surface area contributed by atoms with Gasteiger partial charge in [0.1, 0.15) is 0 Å². The molecule has 0 radical (unpaired) electrons. The summed E-state index contributed by atoms with van der Waals surface area (Å²) in [6.45, 7) is 6.81. The van der Waals surface area contributed by atoms with Crippen molar-refractivity contribution in [3.63, 3.8) is 0 Å². The van der Waals surface area contributed by atoms with Gasteiger partial charge in [0.05, 0.1) is 12.3 Å². The van der Waals surface area contributed by atoms with E-state index in [1.807, 2.05) is 5.32 Å². The number of alkyl carbamates (subject to hydrolysis) is 1. The molecule has 0 aromatic heterocycles. The number of nitrogens with one attached hydrogen (secondary N) is 1. The lowest BCUT2D eigenvalue weighted by atomic mass is 10.2. The smallest absolute Gasteiger partial charge is 0.414 e. The molecule has 0 bridgehead atoms. The first-order valence-corrected chi connectivity index (χ1v) is 5.28. The molecule has 7 nitrogen and oxygen atoms in total. The Bertz CT molecular complexity index is 325. The van der Waals surface area contributed by atoms with Crippen molar-refractivity contribution in [1.29, 1.82) is 0 Å². The maximum absolute atomic E-state index is 11.1. The molecule has 0 fully saturated rings. The number of nitrogens with zero attached hydrogens (tertiary/aromatic N) is 1. The quantitative estimate of drug-likeness (QED) is 0.243. The van der Waals surface area contributed by atoms with Crippen LogP contribution in [0.4, 0.5) is 4.79 Å². The molecule has 0 aromatic carbocycles. The number of amides is 2. The van der Waals surface area contributed by atoms with Gasteiger partial charge in [0.25, 0.3) is 5.91 Å². The summed E-state index contributed by atoms with van der Waals surface area (Å²) in [6, 6.07) is 0. The molecule has 7 heteroatoms. The van der Waals surface area contributed by atoms with Crippen molar-refractivity contribution in [1.82, 2.24) is 5.32 Å². The van der Waals surface area contributed by atoms with Crippen LogP contribution in [0.3, 0.4) is 0 Å². The van der Waals surface area contributed by atoms with Crippen molar-refractivity contribution in [3.8, 4) is 0 Å². The minimum Gasteiger partial charge on any atom is -0.449 e. The fraction of sp³-hybridized carbons (Fsp3) is 0.545. The largest absolute Gasteiger partial charge is 0.449 e. The minimum absolute atomic E-state index is 0. The van der Waals surface area contributed by atoms with Crippen molar-refractivity contribution in [2.45, 2.75) is 33.1 Å². The predicted molar refractivity (Wildman–Crippen MR) is 66.7 cm³/mol. The number of unbranched alkanes of at least 4 members (excludes halogenated alkanes) is 1. The Labute approximate surface area is 106 Å². The van der Waals surface area contributed by atoms with Gasteiger partial charge in [0.2, 0.25) is 0 Å². The van der Waals surface area contributed by atoms with Crippen LogP contribution in [0.15, 0.2) is 17.3 Å². The van der Waals surface area contributed by atoms with Gasteiger partial charge in [0.15, 0.2) is 0 Å². The third-order valence-electron chi connectivity index (χ3n) is 1.94. The lowest BCUT2D eigenvalue weighted by Gasteiger charge is -2.05. The fourth-order valence-corrected chi connectivity index (χ4v) is 0.933. The maximum atomic E-state index is 11.1. The number of ether oxygens (including phenoxy) is 1. The SMILES string of the molecule is C=C(C)C(=O)NC(=O)OCCCCC(C)=NO.O. The number of oxime groups is 1. The van der Waals surface area contributed by atoms with Gasteiger partial charge < -0.3 is 15.4 Å². The van der Waals surface area contributed by atoms with E-state index in [9.17, 15) is 9.59 Å². The fourth-order valence-electron chi connectivity index (χ4n) is 0.933. The highest BCUT2D eigenvalue weighted by Crippen LogP contribution is 1.98. The molecule has 0 unspecified atom stereocenters. The average molecular weight is 260 g/mol. The van der Waals surface area contributed by atoms with Gasteiger partial charge in [-0.2, -0.15) is 0 Å². The lowest BCUT2D eigenvalue weighted by Crippen LogP contribution is -2.31. The molecule has 0 rings (SSSR count). The van der Waals surface area contributed by atoms with E-state index in [-0.39, 0.29) is 17.7 Å². The number of hydrogen-bond donors (Lipinski definition) is 2. The van der Waals surface area contributed by atoms with Crippen molar-refractivity contribution in [2.75, 3.05) is 6.61 Å². The van der Waals surface area contributed by atoms with Crippen LogP contribution < -0.4 is 5.32 Å². The summed E-state index contributed by atoms with van der Waals surface area (Å²) in [7, 11) is 0. The number of imide groups is 1. The first-order valence-electron chi connectivity index (χ1n) is 5.28. The number of hydrogen-bond acceptors (Lipinski definition) is 5. The summed E-state index contributed by atoms with van der Waals surface area (Å²) < 4.78 is 4.76. The van der Waals surface area contributed by atoms with Crippen LogP contribution in [0, 0.1) is 0 Å². The highest BCUT2D eigenvalue weighted by atomic mass is 16.5. The summed E-state index contributed by atoms with van der Waals surface area (Å²) in [4.78, 5) is 22.1. The highest BCUT2D eigenvalue weighted by molar-refractivity contribution is 6.01. The minimum atomic E-state index is -0.773. The summed E-state index contributed by atoms with van der Waals surface area (Å²) >= 11 is 0. The molecule has 4 N–H and O–H groups in total. The van der Waals surface area contributed by atoms with Crippen LogP contribution in [0.2, 0.25) is 0 Å². The molecule has 18 heavy (non-hydrogen) atoms. The second-order valence-corrected chi connectivity index (χ2v) is 3.66. The predicted octanol–water partition coefficient (Wildman–Crippen LogP) is 1.01. The molecule has 0 aliphatic rings. The van der Waals surface area contributed by atoms with Crippen molar-refractivity contribution in [3.05, 3.63) is 12.2 Å². The molecular weight excluding hydrogens is 240 g/mol. The molecule has 0 saturated heterocycles. The van der Waals surface area contributed by atoms with E-state index in [0.29, 0.717) is 18.6 Å². The Morgan fingerprint density at radius 2 is 1.94 bits per heavy atom. The second-order valence-electron chi connectivity index (χ2n) is 3.66. The van der Waals surface area contributed by atoms with E-state index in [2.05, 4.69) is 11.7 Å². The van der Waals surface area contributed by atoms with Crippen LogP contribution in [0.25, 0.3) is 0 Å².